The van der Waals surface area contributed by atoms with Gasteiger partial charge in [-0.3, -0.25) is 9.59 Å². The number of ether oxygens (including phenoxy) is 2. The highest BCUT2D eigenvalue weighted by Crippen LogP contribution is 2.21. The van der Waals surface area contributed by atoms with E-state index in [2.05, 4.69) is 39.8 Å². The van der Waals surface area contributed by atoms with Gasteiger partial charge < -0.3 is 14.4 Å². The second-order valence-corrected chi connectivity index (χ2v) is 12.7. The monoisotopic (exact) mass is 582 g/mol. The minimum absolute atomic E-state index is 0.0191. The van der Waals surface area contributed by atoms with E-state index in [0.29, 0.717) is 6.42 Å². The fourth-order valence-corrected chi connectivity index (χ4v) is 5.46. The van der Waals surface area contributed by atoms with Crippen molar-refractivity contribution >= 4 is 11.9 Å². The van der Waals surface area contributed by atoms with Crippen LogP contribution >= 0.6 is 0 Å². The topological polar surface area (TPSA) is 55.8 Å². The normalized spacial score (nSPS) is 12.3. The third kappa shape index (κ3) is 27.5. The molecule has 0 rings (SSSR count). The van der Waals surface area contributed by atoms with Crippen LogP contribution in [0.4, 0.5) is 0 Å². The highest BCUT2D eigenvalue weighted by molar-refractivity contribution is 5.72. The average Bonchev–Trinajstić information content (AvgIpc) is 2.95. The largest absolute Gasteiger partial charge is 0.462 e. The first-order valence-electron chi connectivity index (χ1n) is 17.9. The van der Waals surface area contributed by atoms with Gasteiger partial charge in [-0.15, -0.1) is 0 Å². The molecule has 0 N–H and O–H groups in total. The lowest BCUT2D eigenvalue weighted by Crippen LogP contribution is -2.28. The van der Waals surface area contributed by atoms with Crippen molar-refractivity contribution in [2.45, 2.75) is 187 Å². The van der Waals surface area contributed by atoms with Gasteiger partial charge >= 0.3 is 11.9 Å². The molecule has 1 atom stereocenters. The Hall–Kier alpha value is -1.10. The number of unbranched alkanes of at least 4 members (excludes halogenated alkanes) is 17. The molecule has 5 heteroatoms. The Balaban J connectivity index is 4.81. The average molecular weight is 582 g/mol. The van der Waals surface area contributed by atoms with Gasteiger partial charge in [0.1, 0.15) is 12.7 Å². The standard InChI is InChI=1S/C36H71NO4/c1-6-9-12-15-16-17-20-24-29-34(41-35(38)30-25-21-26-31-37(4)5)32-40-36(39)33(27-22-18-13-10-7-2)28-23-19-14-11-8-3/h33-34H,6-32H2,1-5H3. The second-order valence-electron chi connectivity index (χ2n) is 12.7. The molecule has 0 aliphatic rings. The maximum atomic E-state index is 13.2. The van der Waals surface area contributed by atoms with E-state index in [1.807, 2.05) is 0 Å². The van der Waals surface area contributed by atoms with Gasteiger partial charge in [-0.25, -0.2) is 0 Å². The van der Waals surface area contributed by atoms with Crippen LogP contribution in [0.1, 0.15) is 181 Å². The SMILES string of the molecule is CCCCCCCCCCC(COC(=O)C(CCCCCCC)CCCCCCC)OC(=O)CCCCCN(C)C. The van der Waals surface area contributed by atoms with Crippen molar-refractivity contribution < 1.29 is 19.1 Å². The van der Waals surface area contributed by atoms with Crippen LogP contribution in [0.3, 0.4) is 0 Å². The zero-order valence-corrected chi connectivity index (χ0v) is 28.3. The summed E-state index contributed by atoms with van der Waals surface area (Å²) in [6, 6.07) is 0. The molecule has 0 aromatic heterocycles. The van der Waals surface area contributed by atoms with Crippen LogP contribution in [0.5, 0.6) is 0 Å². The molecule has 0 aromatic rings. The van der Waals surface area contributed by atoms with Crippen molar-refractivity contribution in [3.63, 3.8) is 0 Å². The van der Waals surface area contributed by atoms with Gasteiger partial charge in [0.2, 0.25) is 0 Å². The quantitative estimate of drug-likeness (QED) is 0.0602. The number of esters is 2. The number of rotatable bonds is 31. The Labute approximate surface area is 256 Å². The molecular formula is C36H71NO4. The van der Waals surface area contributed by atoms with E-state index in [9.17, 15) is 9.59 Å². The molecule has 0 spiro atoms. The Kier molecular flexibility index (Phi) is 29.5. The summed E-state index contributed by atoms with van der Waals surface area (Å²) in [5.74, 6) is -0.232. The lowest BCUT2D eigenvalue weighted by atomic mass is 9.94. The molecule has 244 valence electrons. The fourth-order valence-electron chi connectivity index (χ4n) is 5.46. The Morgan fingerprint density at radius 3 is 1.49 bits per heavy atom. The van der Waals surface area contributed by atoms with Gasteiger partial charge in [-0.05, 0) is 59.2 Å². The number of carbonyl (C=O) groups is 2. The van der Waals surface area contributed by atoms with Crippen molar-refractivity contribution in [2.24, 2.45) is 5.92 Å². The van der Waals surface area contributed by atoms with Crippen LogP contribution in [0, 0.1) is 5.92 Å². The first-order chi connectivity index (χ1) is 19.9. The molecule has 0 heterocycles. The predicted molar refractivity (Wildman–Crippen MR) is 175 cm³/mol. The molecule has 0 fully saturated rings. The number of carbonyl (C=O) groups excluding carboxylic acids is 2. The highest BCUT2D eigenvalue weighted by atomic mass is 16.6. The summed E-state index contributed by atoms with van der Waals surface area (Å²) in [6.45, 7) is 7.98. The zero-order valence-electron chi connectivity index (χ0n) is 28.3. The summed E-state index contributed by atoms with van der Waals surface area (Å²) in [6.07, 6.45) is 27.8. The Bertz CT molecular complexity index is 566. The third-order valence-corrected chi connectivity index (χ3v) is 8.22. The molecule has 1 unspecified atom stereocenters. The van der Waals surface area contributed by atoms with E-state index in [4.69, 9.17) is 9.47 Å². The third-order valence-electron chi connectivity index (χ3n) is 8.22. The summed E-state index contributed by atoms with van der Waals surface area (Å²) in [7, 11) is 4.16. The van der Waals surface area contributed by atoms with Gasteiger partial charge in [-0.1, -0.05) is 136 Å². The molecule has 5 nitrogen and oxygen atoms in total. The van der Waals surface area contributed by atoms with Gasteiger partial charge in [0.05, 0.1) is 5.92 Å². The van der Waals surface area contributed by atoms with Crippen molar-refractivity contribution in [2.75, 3.05) is 27.2 Å². The summed E-state index contributed by atoms with van der Waals surface area (Å²) >= 11 is 0. The maximum Gasteiger partial charge on any atom is 0.309 e. The number of hydrogen-bond donors (Lipinski definition) is 0. The van der Waals surface area contributed by atoms with E-state index >= 15 is 0 Å². The molecule has 0 aliphatic carbocycles. The highest BCUT2D eigenvalue weighted by Gasteiger charge is 2.22. The fraction of sp³-hybridized carbons (Fsp3) is 0.944. The van der Waals surface area contributed by atoms with Crippen molar-refractivity contribution in [1.82, 2.24) is 4.90 Å². The van der Waals surface area contributed by atoms with Crippen LogP contribution in [0.2, 0.25) is 0 Å². The first-order valence-corrected chi connectivity index (χ1v) is 17.9. The summed E-state index contributed by atoms with van der Waals surface area (Å²) in [4.78, 5) is 28.0. The van der Waals surface area contributed by atoms with E-state index in [0.717, 1.165) is 70.8 Å². The van der Waals surface area contributed by atoms with Crippen LogP contribution < -0.4 is 0 Å². The molecule has 0 bridgehead atoms. The maximum absolute atomic E-state index is 13.2. The Morgan fingerprint density at radius 2 is 1.00 bits per heavy atom. The van der Waals surface area contributed by atoms with Gasteiger partial charge in [0, 0.05) is 6.42 Å². The van der Waals surface area contributed by atoms with E-state index in [-0.39, 0.29) is 30.6 Å². The van der Waals surface area contributed by atoms with E-state index < -0.39 is 0 Å². The summed E-state index contributed by atoms with van der Waals surface area (Å²) in [5.41, 5.74) is 0. The number of hydrogen-bond acceptors (Lipinski definition) is 5. The van der Waals surface area contributed by atoms with Crippen molar-refractivity contribution in [1.29, 1.82) is 0 Å². The molecule has 41 heavy (non-hydrogen) atoms. The molecular weight excluding hydrogens is 510 g/mol. The van der Waals surface area contributed by atoms with Crippen molar-refractivity contribution in [3.05, 3.63) is 0 Å². The summed E-state index contributed by atoms with van der Waals surface area (Å²) < 4.78 is 11.8. The van der Waals surface area contributed by atoms with Gasteiger partial charge in [-0.2, -0.15) is 0 Å². The van der Waals surface area contributed by atoms with Gasteiger partial charge in [0.25, 0.3) is 0 Å². The second kappa shape index (κ2) is 30.4. The molecule has 0 saturated heterocycles. The Morgan fingerprint density at radius 1 is 0.561 bits per heavy atom. The molecule has 0 radical (unpaired) electrons. The minimum Gasteiger partial charge on any atom is -0.462 e. The molecule has 0 saturated carbocycles. The van der Waals surface area contributed by atoms with Crippen LogP contribution in [0.15, 0.2) is 0 Å². The smallest absolute Gasteiger partial charge is 0.309 e. The number of nitrogens with zero attached hydrogens (tertiary/aromatic N) is 1. The predicted octanol–water partition coefficient (Wildman–Crippen LogP) is 10.4. The molecule has 0 aliphatic heterocycles. The lowest BCUT2D eigenvalue weighted by molar-refractivity contribution is -0.162. The molecule has 0 aromatic carbocycles. The zero-order chi connectivity index (χ0) is 30.4. The van der Waals surface area contributed by atoms with E-state index in [1.165, 1.54) is 89.9 Å². The lowest BCUT2D eigenvalue weighted by Gasteiger charge is -2.21. The van der Waals surface area contributed by atoms with Gasteiger partial charge in [0.15, 0.2) is 0 Å². The van der Waals surface area contributed by atoms with E-state index in [1.54, 1.807) is 0 Å². The van der Waals surface area contributed by atoms with Crippen LogP contribution in [-0.4, -0.2) is 50.2 Å². The summed E-state index contributed by atoms with van der Waals surface area (Å²) in [5, 5.41) is 0. The van der Waals surface area contributed by atoms with Crippen molar-refractivity contribution in [3.8, 4) is 0 Å². The van der Waals surface area contributed by atoms with Crippen LogP contribution in [-0.2, 0) is 19.1 Å². The minimum atomic E-state index is -0.317. The molecule has 0 amide bonds. The van der Waals surface area contributed by atoms with Crippen LogP contribution in [0.25, 0.3) is 0 Å². The first kappa shape index (κ1) is 39.9.